The summed E-state index contributed by atoms with van der Waals surface area (Å²) in [6, 6.07) is 8.10. The third-order valence-corrected chi connectivity index (χ3v) is 4.08. The summed E-state index contributed by atoms with van der Waals surface area (Å²) in [6.07, 6.45) is 4.78. The van der Waals surface area contributed by atoms with Crippen LogP contribution in [0.3, 0.4) is 0 Å². The summed E-state index contributed by atoms with van der Waals surface area (Å²) in [5.41, 5.74) is 1.28. The summed E-state index contributed by atoms with van der Waals surface area (Å²) in [7, 11) is 1.67. The van der Waals surface area contributed by atoms with Crippen molar-refractivity contribution in [2.75, 3.05) is 20.2 Å². The Bertz CT molecular complexity index is 436. The van der Waals surface area contributed by atoms with Gasteiger partial charge in [0.05, 0.1) is 13.2 Å². The van der Waals surface area contributed by atoms with Crippen LogP contribution in [0.1, 0.15) is 37.7 Å². The molecule has 0 aliphatic carbocycles. The predicted octanol–water partition coefficient (Wildman–Crippen LogP) is 2.39. The largest absolute Gasteiger partial charge is 0.497 e. The molecule has 0 radical (unpaired) electrons. The van der Waals surface area contributed by atoms with Crippen LogP contribution in [0.4, 0.5) is 0 Å². The number of aryl methyl sites for hydroxylation is 1. The number of rotatable bonds is 6. The van der Waals surface area contributed by atoms with E-state index in [1.54, 1.807) is 7.11 Å². The first-order valence-electron chi connectivity index (χ1n) is 7.78. The average molecular weight is 291 g/mol. The highest BCUT2D eigenvalue weighted by Gasteiger charge is 2.20. The molecule has 4 heteroatoms. The number of aliphatic hydroxyl groups excluding tert-OH is 1. The maximum atomic E-state index is 12.0. The monoisotopic (exact) mass is 291 g/mol. The molecule has 1 amide bonds. The molecule has 1 aliphatic rings. The van der Waals surface area contributed by atoms with E-state index in [1.165, 1.54) is 5.56 Å². The van der Waals surface area contributed by atoms with Crippen molar-refractivity contribution in [1.29, 1.82) is 0 Å². The highest BCUT2D eigenvalue weighted by atomic mass is 16.5. The summed E-state index contributed by atoms with van der Waals surface area (Å²) in [5.74, 6) is 1.11. The molecule has 1 aliphatic heterocycles. The Morgan fingerprint density at radius 2 is 1.90 bits per heavy atom. The Morgan fingerprint density at radius 3 is 2.52 bits per heavy atom. The van der Waals surface area contributed by atoms with Gasteiger partial charge in [0.2, 0.25) is 5.91 Å². The van der Waals surface area contributed by atoms with Gasteiger partial charge in [-0.15, -0.1) is 0 Å². The summed E-state index contributed by atoms with van der Waals surface area (Å²) < 4.78 is 5.13. The number of nitrogens with zero attached hydrogens (tertiary/aromatic N) is 1. The molecule has 0 saturated carbocycles. The zero-order chi connectivity index (χ0) is 15.1. The van der Waals surface area contributed by atoms with Gasteiger partial charge in [-0.1, -0.05) is 12.1 Å². The Kier molecular flexibility index (Phi) is 6.05. The fourth-order valence-electron chi connectivity index (χ4n) is 2.67. The molecule has 1 N–H and O–H groups in total. The van der Waals surface area contributed by atoms with Crippen molar-refractivity contribution < 1.29 is 14.6 Å². The van der Waals surface area contributed by atoms with Crippen LogP contribution in [0.25, 0.3) is 0 Å². The van der Waals surface area contributed by atoms with Crippen LogP contribution in [0, 0.1) is 0 Å². The molecule has 0 aromatic heterocycles. The molecule has 1 aromatic carbocycles. The van der Waals surface area contributed by atoms with Crippen LogP contribution in [0.2, 0.25) is 0 Å². The number of hydrogen-bond acceptors (Lipinski definition) is 3. The third-order valence-electron chi connectivity index (χ3n) is 4.08. The zero-order valence-corrected chi connectivity index (χ0v) is 12.8. The van der Waals surface area contributed by atoms with Gasteiger partial charge in [0.15, 0.2) is 0 Å². The van der Waals surface area contributed by atoms with Crippen molar-refractivity contribution in [2.24, 2.45) is 0 Å². The molecule has 1 saturated heterocycles. The van der Waals surface area contributed by atoms with E-state index in [0.717, 1.165) is 37.9 Å². The highest BCUT2D eigenvalue weighted by molar-refractivity contribution is 5.76. The lowest BCUT2D eigenvalue weighted by molar-refractivity contribution is -0.133. The molecule has 1 fully saturated rings. The number of methoxy groups -OCH3 is 1. The second-order valence-corrected chi connectivity index (χ2v) is 5.67. The number of amides is 1. The topological polar surface area (TPSA) is 49.8 Å². The maximum Gasteiger partial charge on any atom is 0.222 e. The van der Waals surface area contributed by atoms with Gasteiger partial charge in [0, 0.05) is 19.5 Å². The number of unbranched alkanes of at least 4 members (excludes halogenated alkanes) is 1. The fraction of sp³-hybridized carbons (Fsp3) is 0.588. The minimum absolute atomic E-state index is 0.218. The summed E-state index contributed by atoms with van der Waals surface area (Å²) in [4.78, 5) is 13.9. The summed E-state index contributed by atoms with van der Waals surface area (Å²) >= 11 is 0. The number of piperidine rings is 1. The molecule has 4 nitrogen and oxygen atoms in total. The normalized spacial score (nSPS) is 16.0. The van der Waals surface area contributed by atoms with Gasteiger partial charge < -0.3 is 14.7 Å². The molecule has 1 heterocycles. The second kappa shape index (κ2) is 8.03. The van der Waals surface area contributed by atoms with E-state index in [9.17, 15) is 9.90 Å². The van der Waals surface area contributed by atoms with E-state index < -0.39 is 0 Å². The van der Waals surface area contributed by atoms with Crippen LogP contribution in [-0.4, -0.2) is 42.2 Å². The van der Waals surface area contributed by atoms with Gasteiger partial charge in [-0.3, -0.25) is 4.79 Å². The molecule has 116 valence electrons. The van der Waals surface area contributed by atoms with Gasteiger partial charge in [-0.2, -0.15) is 0 Å². The van der Waals surface area contributed by atoms with Crippen molar-refractivity contribution in [1.82, 2.24) is 4.90 Å². The number of hydrogen-bond donors (Lipinski definition) is 1. The van der Waals surface area contributed by atoms with Crippen molar-refractivity contribution in [3.8, 4) is 5.75 Å². The second-order valence-electron chi connectivity index (χ2n) is 5.67. The SMILES string of the molecule is COc1ccc(CCCCC(=O)N2CCC(O)CC2)cc1. The van der Waals surface area contributed by atoms with Crippen LogP contribution in [0.15, 0.2) is 24.3 Å². The average Bonchev–Trinajstić information content (AvgIpc) is 2.52. The van der Waals surface area contributed by atoms with E-state index in [-0.39, 0.29) is 12.0 Å². The minimum atomic E-state index is -0.218. The lowest BCUT2D eigenvalue weighted by Gasteiger charge is -2.29. The van der Waals surface area contributed by atoms with Crippen LogP contribution in [-0.2, 0) is 11.2 Å². The van der Waals surface area contributed by atoms with Gasteiger partial charge >= 0.3 is 0 Å². The smallest absolute Gasteiger partial charge is 0.222 e. The van der Waals surface area contributed by atoms with Crippen molar-refractivity contribution in [3.05, 3.63) is 29.8 Å². The molecule has 0 spiro atoms. The van der Waals surface area contributed by atoms with E-state index >= 15 is 0 Å². The van der Waals surface area contributed by atoms with Gasteiger partial charge in [-0.25, -0.2) is 0 Å². The first kappa shape index (κ1) is 15.8. The highest BCUT2D eigenvalue weighted by Crippen LogP contribution is 2.15. The molecule has 2 rings (SSSR count). The van der Waals surface area contributed by atoms with E-state index in [4.69, 9.17) is 4.74 Å². The number of carbonyl (C=O) groups is 1. The first-order chi connectivity index (χ1) is 10.2. The number of likely N-dealkylation sites (tertiary alicyclic amines) is 1. The standard InChI is InChI=1S/C17H25NO3/c1-21-16-8-6-14(7-9-16)4-2-3-5-17(20)18-12-10-15(19)11-13-18/h6-9,15,19H,2-5,10-13H2,1H3. The summed E-state index contributed by atoms with van der Waals surface area (Å²) in [6.45, 7) is 1.41. The van der Waals surface area contributed by atoms with E-state index in [1.807, 2.05) is 17.0 Å². The first-order valence-corrected chi connectivity index (χ1v) is 7.78. The Labute approximate surface area is 126 Å². The number of carbonyl (C=O) groups excluding carboxylic acids is 1. The lowest BCUT2D eigenvalue weighted by atomic mass is 10.0. The molecular weight excluding hydrogens is 266 g/mol. The number of ether oxygens (including phenoxy) is 1. The van der Waals surface area contributed by atoms with Gasteiger partial charge in [0.25, 0.3) is 0 Å². The van der Waals surface area contributed by atoms with Gasteiger partial charge in [-0.05, 0) is 49.8 Å². The Balaban J connectivity index is 1.63. The maximum absolute atomic E-state index is 12.0. The number of aliphatic hydroxyl groups is 1. The van der Waals surface area contributed by atoms with Crippen LogP contribution in [0.5, 0.6) is 5.75 Å². The molecule has 0 atom stereocenters. The molecule has 21 heavy (non-hydrogen) atoms. The molecule has 0 unspecified atom stereocenters. The molecule has 1 aromatic rings. The van der Waals surface area contributed by atoms with Crippen molar-refractivity contribution in [3.63, 3.8) is 0 Å². The van der Waals surface area contributed by atoms with Crippen molar-refractivity contribution in [2.45, 2.75) is 44.6 Å². The van der Waals surface area contributed by atoms with Gasteiger partial charge in [0.1, 0.15) is 5.75 Å². The molecule has 0 bridgehead atoms. The lowest BCUT2D eigenvalue weighted by Crippen LogP contribution is -2.39. The molecular formula is C17H25NO3. The number of benzene rings is 1. The quantitative estimate of drug-likeness (QED) is 0.819. The fourth-order valence-corrected chi connectivity index (χ4v) is 2.67. The third kappa shape index (κ3) is 5.05. The Hall–Kier alpha value is -1.55. The zero-order valence-electron chi connectivity index (χ0n) is 12.8. The summed E-state index contributed by atoms with van der Waals surface area (Å²) in [5, 5.41) is 9.44. The predicted molar refractivity (Wildman–Crippen MR) is 82.4 cm³/mol. The van der Waals surface area contributed by atoms with Crippen LogP contribution >= 0.6 is 0 Å². The van der Waals surface area contributed by atoms with Crippen molar-refractivity contribution >= 4 is 5.91 Å². The minimum Gasteiger partial charge on any atom is -0.497 e. The van der Waals surface area contributed by atoms with E-state index in [2.05, 4.69) is 12.1 Å². The van der Waals surface area contributed by atoms with Crippen LogP contribution < -0.4 is 4.74 Å². The Morgan fingerprint density at radius 1 is 1.24 bits per heavy atom. The van der Waals surface area contributed by atoms with E-state index in [0.29, 0.717) is 19.5 Å².